The maximum absolute atomic E-state index is 6.39. The van der Waals surface area contributed by atoms with Crippen LogP contribution < -0.4 is 4.74 Å². The SMILES string of the molecule is c1ccc2c(c1)Oc1ccc(-c3ccccc3-n3c4ccccc4c4c5ccccc5ccc43)c3cccc-2c13. The van der Waals surface area contributed by atoms with Gasteiger partial charge >= 0.3 is 0 Å². The zero-order valence-electron chi connectivity index (χ0n) is 21.6. The van der Waals surface area contributed by atoms with Gasteiger partial charge in [-0.3, -0.25) is 0 Å². The lowest BCUT2D eigenvalue weighted by Crippen LogP contribution is -2.00. The van der Waals surface area contributed by atoms with Gasteiger partial charge in [0.25, 0.3) is 0 Å². The summed E-state index contributed by atoms with van der Waals surface area (Å²) in [5, 5.41) is 7.47. The average Bonchev–Trinajstić information content (AvgIpc) is 3.36. The molecule has 0 fully saturated rings. The molecule has 2 heterocycles. The number of nitrogens with zero attached hydrogens (tertiary/aromatic N) is 1. The van der Waals surface area contributed by atoms with Crippen molar-refractivity contribution in [1.82, 2.24) is 4.57 Å². The fourth-order valence-corrected chi connectivity index (χ4v) is 6.71. The Morgan fingerprint density at radius 1 is 0.375 bits per heavy atom. The third kappa shape index (κ3) is 2.88. The van der Waals surface area contributed by atoms with Crippen LogP contribution in [0.2, 0.25) is 0 Å². The average molecular weight is 510 g/mol. The lowest BCUT2D eigenvalue weighted by molar-refractivity contribution is 0.487. The summed E-state index contributed by atoms with van der Waals surface area (Å²) in [6.07, 6.45) is 0. The molecular formula is C38H23NO. The van der Waals surface area contributed by atoms with E-state index in [9.17, 15) is 0 Å². The first-order chi connectivity index (χ1) is 19.9. The Labute approximate surface area is 231 Å². The lowest BCUT2D eigenvalue weighted by atomic mass is 9.90. The van der Waals surface area contributed by atoms with E-state index in [2.05, 4.69) is 132 Å². The molecule has 1 aliphatic rings. The molecule has 0 N–H and O–H groups in total. The van der Waals surface area contributed by atoms with Gasteiger partial charge in [-0.05, 0) is 63.7 Å². The van der Waals surface area contributed by atoms with Crippen molar-refractivity contribution in [3.05, 3.63) is 140 Å². The standard InChI is InChI=1S/C38H23NO/c1-2-11-25-24(10-1)20-22-34-37(25)31-14-4-7-18-33(31)39(34)32-17-6-3-12-27(32)26-21-23-36-38-29(26)15-9-16-30(38)28-13-5-8-19-35(28)40-36/h1-23H. The minimum atomic E-state index is 0.910. The minimum absolute atomic E-state index is 0.910. The highest BCUT2D eigenvalue weighted by Gasteiger charge is 2.23. The van der Waals surface area contributed by atoms with Crippen LogP contribution in [0.3, 0.4) is 0 Å². The molecule has 7 aromatic carbocycles. The number of ether oxygens (including phenoxy) is 1. The van der Waals surface area contributed by atoms with Gasteiger partial charge in [0.15, 0.2) is 0 Å². The van der Waals surface area contributed by atoms with E-state index in [1.807, 2.05) is 12.1 Å². The molecule has 2 heteroatoms. The van der Waals surface area contributed by atoms with Crippen molar-refractivity contribution in [3.63, 3.8) is 0 Å². The molecule has 0 saturated heterocycles. The number of para-hydroxylation sites is 3. The maximum Gasteiger partial charge on any atom is 0.135 e. The highest BCUT2D eigenvalue weighted by molar-refractivity contribution is 6.21. The molecule has 0 bridgehead atoms. The van der Waals surface area contributed by atoms with Crippen molar-refractivity contribution in [1.29, 1.82) is 0 Å². The second-order valence-corrected chi connectivity index (χ2v) is 10.5. The first-order valence-corrected chi connectivity index (χ1v) is 13.7. The molecule has 8 aromatic rings. The summed E-state index contributed by atoms with van der Waals surface area (Å²) in [5.74, 6) is 1.82. The topological polar surface area (TPSA) is 14.2 Å². The van der Waals surface area contributed by atoms with E-state index in [1.165, 1.54) is 65.7 Å². The highest BCUT2D eigenvalue weighted by atomic mass is 16.5. The Morgan fingerprint density at radius 3 is 2.05 bits per heavy atom. The van der Waals surface area contributed by atoms with Gasteiger partial charge in [-0.2, -0.15) is 0 Å². The van der Waals surface area contributed by atoms with Gasteiger partial charge in [-0.25, -0.2) is 0 Å². The predicted octanol–water partition coefficient (Wildman–Crippen LogP) is 10.5. The molecule has 186 valence electrons. The maximum atomic E-state index is 6.39. The van der Waals surface area contributed by atoms with E-state index in [0.717, 1.165) is 17.1 Å². The number of aromatic nitrogens is 1. The van der Waals surface area contributed by atoms with Crippen LogP contribution in [0.5, 0.6) is 11.5 Å². The van der Waals surface area contributed by atoms with Crippen LogP contribution in [0.25, 0.3) is 71.3 Å². The van der Waals surface area contributed by atoms with Crippen molar-refractivity contribution >= 4 is 43.4 Å². The number of hydrogen-bond donors (Lipinski definition) is 0. The van der Waals surface area contributed by atoms with Crippen LogP contribution in [0.4, 0.5) is 0 Å². The Kier molecular flexibility index (Phi) is 4.36. The summed E-state index contributed by atoms with van der Waals surface area (Å²) in [6, 6.07) is 50.0. The van der Waals surface area contributed by atoms with Crippen molar-refractivity contribution in [3.8, 4) is 39.4 Å². The molecule has 0 atom stereocenters. The summed E-state index contributed by atoms with van der Waals surface area (Å²) in [6.45, 7) is 0. The second-order valence-electron chi connectivity index (χ2n) is 10.5. The van der Waals surface area contributed by atoms with E-state index in [-0.39, 0.29) is 0 Å². The van der Waals surface area contributed by atoms with Crippen LogP contribution in [0.1, 0.15) is 0 Å². The van der Waals surface area contributed by atoms with Gasteiger partial charge in [0, 0.05) is 27.3 Å². The molecule has 0 amide bonds. The smallest absolute Gasteiger partial charge is 0.135 e. The molecule has 0 aliphatic carbocycles. The molecule has 1 aliphatic heterocycles. The Bertz CT molecular complexity index is 2310. The Morgan fingerprint density at radius 2 is 1.10 bits per heavy atom. The third-order valence-corrected chi connectivity index (χ3v) is 8.40. The van der Waals surface area contributed by atoms with E-state index < -0.39 is 0 Å². The molecule has 40 heavy (non-hydrogen) atoms. The molecule has 0 unspecified atom stereocenters. The molecular weight excluding hydrogens is 486 g/mol. The van der Waals surface area contributed by atoms with E-state index in [0.29, 0.717) is 0 Å². The predicted molar refractivity (Wildman–Crippen MR) is 167 cm³/mol. The highest BCUT2D eigenvalue weighted by Crippen LogP contribution is 2.49. The van der Waals surface area contributed by atoms with Crippen molar-refractivity contribution in [2.75, 3.05) is 0 Å². The minimum Gasteiger partial charge on any atom is -0.456 e. The van der Waals surface area contributed by atoms with E-state index in [1.54, 1.807) is 0 Å². The number of benzene rings is 7. The van der Waals surface area contributed by atoms with Crippen molar-refractivity contribution in [2.24, 2.45) is 0 Å². The van der Waals surface area contributed by atoms with E-state index in [4.69, 9.17) is 4.74 Å². The first kappa shape index (κ1) is 21.6. The molecule has 9 rings (SSSR count). The van der Waals surface area contributed by atoms with Crippen molar-refractivity contribution in [2.45, 2.75) is 0 Å². The normalized spacial score (nSPS) is 12.2. The van der Waals surface area contributed by atoms with Crippen LogP contribution in [0.15, 0.2) is 140 Å². The second kappa shape index (κ2) is 8.08. The van der Waals surface area contributed by atoms with Crippen molar-refractivity contribution < 1.29 is 4.74 Å². The van der Waals surface area contributed by atoms with Crippen LogP contribution in [-0.4, -0.2) is 4.57 Å². The fraction of sp³-hybridized carbons (Fsp3) is 0. The fourth-order valence-electron chi connectivity index (χ4n) is 6.71. The molecule has 0 saturated carbocycles. The van der Waals surface area contributed by atoms with Gasteiger partial charge in [0.05, 0.1) is 16.7 Å². The summed E-state index contributed by atoms with van der Waals surface area (Å²) in [5.41, 5.74) is 8.35. The molecule has 1 aromatic heterocycles. The third-order valence-electron chi connectivity index (χ3n) is 8.40. The van der Waals surface area contributed by atoms with Gasteiger partial charge < -0.3 is 9.30 Å². The van der Waals surface area contributed by atoms with Gasteiger partial charge in [0.2, 0.25) is 0 Å². The van der Waals surface area contributed by atoms with Crippen LogP contribution >= 0.6 is 0 Å². The van der Waals surface area contributed by atoms with Crippen LogP contribution in [0, 0.1) is 0 Å². The Balaban J connectivity index is 1.37. The van der Waals surface area contributed by atoms with Gasteiger partial charge in [-0.15, -0.1) is 0 Å². The monoisotopic (exact) mass is 509 g/mol. The number of rotatable bonds is 2. The summed E-state index contributed by atoms with van der Waals surface area (Å²) in [7, 11) is 0. The number of fused-ring (bicyclic) bond motifs is 7. The van der Waals surface area contributed by atoms with Gasteiger partial charge in [0.1, 0.15) is 11.5 Å². The summed E-state index contributed by atoms with van der Waals surface area (Å²) >= 11 is 0. The molecule has 0 spiro atoms. The summed E-state index contributed by atoms with van der Waals surface area (Å²) < 4.78 is 8.83. The zero-order valence-corrected chi connectivity index (χ0v) is 21.6. The summed E-state index contributed by atoms with van der Waals surface area (Å²) in [4.78, 5) is 0. The molecule has 2 nitrogen and oxygen atoms in total. The lowest BCUT2D eigenvalue weighted by Gasteiger charge is -2.23. The zero-order chi connectivity index (χ0) is 26.2. The first-order valence-electron chi connectivity index (χ1n) is 13.7. The van der Waals surface area contributed by atoms with Gasteiger partial charge in [-0.1, -0.05) is 103 Å². The largest absolute Gasteiger partial charge is 0.456 e. The molecule has 0 radical (unpaired) electrons. The Hall–Kier alpha value is -5.34. The van der Waals surface area contributed by atoms with Crippen LogP contribution in [-0.2, 0) is 0 Å². The number of hydrogen-bond acceptors (Lipinski definition) is 1. The van der Waals surface area contributed by atoms with E-state index >= 15 is 0 Å². The quantitative estimate of drug-likeness (QED) is 0.226.